The third-order valence-corrected chi connectivity index (χ3v) is 5.80. The van der Waals surface area contributed by atoms with E-state index in [1.807, 2.05) is 13.8 Å². The normalized spacial score (nSPS) is 15.8. The second kappa shape index (κ2) is 15.4. The topological polar surface area (TPSA) is 264 Å². The molecule has 0 bridgehead atoms. The molecule has 0 radical (unpaired) electrons. The van der Waals surface area contributed by atoms with Gasteiger partial charge in [0.1, 0.15) is 12.1 Å². The van der Waals surface area contributed by atoms with Gasteiger partial charge in [0.05, 0.1) is 18.5 Å². The number of imidazole rings is 1. The van der Waals surface area contributed by atoms with Gasteiger partial charge in [-0.25, -0.2) is 9.78 Å². The second-order valence-electron chi connectivity index (χ2n) is 8.83. The number of guanidine groups is 1. The average molecular weight is 526 g/mol. The number of aliphatic imine (C=N–C) groups is 1. The van der Waals surface area contributed by atoms with E-state index in [1.54, 1.807) is 0 Å². The lowest BCUT2D eigenvalue weighted by molar-refractivity contribution is -0.145. The van der Waals surface area contributed by atoms with Gasteiger partial charge in [-0.3, -0.25) is 19.4 Å². The first-order valence-corrected chi connectivity index (χ1v) is 12.0. The lowest BCUT2D eigenvalue weighted by Crippen LogP contribution is -2.59. The van der Waals surface area contributed by atoms with Crippen molar-refractivity contribution in [3.63, 3.8) is 0 Å². The van der Waals surface area contributed by atoms with E-state index in [4.69, 9.17) is 17.2 Å². The molecule has 0 aliphatic carbocycles. The number of aromatic nitrogens is 2. The highest BCUT2D eigenvalue weighted by Crippen LogP contribution is 2.08. The molecule has 0 aliphatic heterocycles. The van der Waals surface area contributed by atoms with E-state index in [2.05, 4.69) is 30.9 Å². The first-order chi connectivity index (χ1) is 17.4. The zero-order chi connectivity index (χ0) is 28.1. The minimum absolute atomic E-state index is 0.0264. The van der Waals surface area contributed by atoms with Crippen LogP contribution in [-0.4, -0.2) is 86.6 Å². The van der Waals surface area contributed by atoms with Crippen LogP contribution in [0.5, 0.6) is 0 Å². The lowest BCUT2D eigenvalue weighted by Gasteiger charge is -2.26. The molecule has 0 spiro atoms. The molecule has 15 nitrogen and oxygen atoms in total. The minimum atomic E-state index is -1.60. The van der Waals surface area contributed by atoms with Crippen molar-refractivity contribution < 1.29 is 29.4 Å². The molecule has 37 heavy (non-hydrogen) atoms. The van der Waals surface area contributed by atoms with Crippen molar-refractivity contribution in [3.05, 3.63) is 18.2 Å². The Morgan fingerprint density at radius 2 is 1.70 bits per heavy atom. The number of hydrogen-bond acceptors (Lipinski definition) is 8. The molecule has 0 saturated heterocycles. The molecule has 1 rings (SSSR count). The number of rotatable bonds is 16. The Morgan fingerprint density at radius 1 is 1.08 bits per heavy atom. The van der Waals surface area contributed by atoms with Crippen LogP contribution in [0.25, 0.3) is 0 Å². The maximum Gasteiger partial charge on any atom is 0.328 e. The fourth-order valence-corrected chi connectivity index (χ4v) is 3.29. The summed E-state index contributed by atoms with van der Waals surface area (Å²) in [4.78, 5) is 60.9. The van der Waals surface area contributed by atoms with Crippen molar-refractivity contribution in [2.24, 2.45) is 28.1 Å². The van der Waals surface area contributed by atoms with Gasteiger partial charge < -0.3 is 48.3 Å². The third-order valence-electron chi connectivity index (χ3n) is 5.80. The number of hydrogen-bond donors (Lipinski definition) is 9. The van der Waals surface area contributed by atoms with Crippen molar-refractivity contribution in [1.82, 2.24) is 25.9 Å². The Balaban J connectivity index is 3.11. The first-order valence-electron chi connectivity index (χ1n) is 12.0. The van der Waals surface area contributed by atoms with Crippen molar-refractivity contribution in [3.8, 4) is 0 Å². The Labute approximate surface area is 215 Å². The van der Waals surface area contributed by atoms with Crippen LogP contribution in [0.3, 0.4) is 0 Å². The number of carbonyl (C=O) groups excluding carboxylic acids is 3. The van der Waals surface area contributed by atoms with Crippen LogP contribution < -0.4 is 33.2 Å². The molecule has 0 saturated carbocycles. The molecule has 6 atom stereocenters. The van der Waals surface area contributed by atoms with E-state index in [9.17, 15) is 29.4 Å². The third kappa shape index (κ3) is 10.8. The summed E-state index contributed by atoms with van der Waals surface area (Å²) in [5.41, 5.74) is 17.2. The van der Waals surface area contributed by atoms with E-state index in [0.717, 1.165) is 0 Å². The van der Waals surface area contributed by atoms with E-state index >= 15 is 0 Å². The molecule has 3 amide bonds. The van der Waals surface area contributed by atoms with Gasteiger partial charge >= 0.3 is 5.97 Å². The average Bonchev–Trinajstić information content (AvgIpc) is 3.35. The Bertz CT molecular complexity index is 918. The number of H-pyrrole nitrogens is 1. The second-order valence-corrected chi connectivity index (χ2v) is 8.83. The zero-order valence-electron chi connectivity index (χ0n) is 21.3. The number of aliphatic hydroxyl groups excluding tert-OH is 1. The molecule has 1 heterocycles. The summed E-state index contributed by atoms with van der Waals surface area (Å²) in [7, 11) is 0. The quantitative estimate of drug-likeness (QED) is 0.0612. The summed E-state index contributed by atoms with van der Waals surface area (Å²) in [6, 6.07) is -4.79. The monoisotopic (exact) mass is 525 g/mol. The minimum Gasteiger partial charge on any atom is -0.480 e. The predicted molar refractivity (Wildman–Crippen MR) is 135 cm³/mol. The van der Waals surface area contributed by atoms with Crippen molar-refractivity contribution >= 4 is 29.7 Å². The molecule has 0 aliphatic rings. The number of aliphatic hydroxyl groups is 1. The maximum absolute atomic E-state index is 13.3. The molecular formula is C22H39N9O6. The van der Waals surface area contributed by atoms with Crippen LogP contribution >= 0.6 is 0 Å². The number of nitrogens with one attached hydrogen (secondary N) is 4. The van der Waals surface area contributed by atoms with Gasteiger partial charge in [0.15, 0.2) is 12.0 Å². The molecule has 208 valence electrons. The van der Waals surface area contributed by atoms with Crippen LogP contribution in [0.4, 0.5) is 0 Å². The summed E-state index contributed by atoms with van der Waals surface area (Å²) >= 11 is 0. The number of nitrogens with zero attached hydrogens (tertiary/aromatic N) is 2. The zero-order valence-corrected chi connectivity index (χ0v) is 21.3. The number of carboxylic acids is 1. The van der Waals surface area contributed by atoms with E-state index in [-0.39, 0.29) is 37.7 Å². The van der Waals surface area contributed by atoms with Gasteiger partial charge in [-0.15, -0.1) is 0 Å². The Kier molecular flexibility index (Phi) is 13.0. The number of nitrogens with two attached hydrogens (primary N) is 3. The summed E-state index contributed by atoms with van der Waals surface area (Å²) in [5.74, 6) is -3.82. The van der Waals surface area contributed by atoms with Crippen LogP contribution in [-0.2, 0) is 25.6 Å². The smallest absolute Gasteiger partial charge is 0.328 e. The van der Waals surface area contributed by atoms with Crippen molar-refractivity contribution in [2.75, 3.05) is 6.54 Å². The summed E-state index contributed by atoms with van der Waals surface area (Å²) in [5, 5.41) is 26.4. The Hall–Kier alpha value is -3.72. The maximum atomic E-state index is 13.3. The fourth-order valence-electron chi connectivity index (χ4n) is 3.29. The van der Waals surface area contributed by atoms with Gasteiger partial charge in [-0.05, 0) is 25.7 Å². The van der Waals surface area contributed by atoms with Gasteiger partial charge in [0.2, 0.25) is 17.7 Å². The number of aromatic amines is 1. The fraction of sp³-hybridized carbons (Fsp3) is 0.636. The number of carbonyl (C=O) groups is 4. The highest BCUT2D eigenvalue weighted by Gasteiger charge is 2.32. The lowest BCUT2D eigenvalue weighted by atomic mass is 9.98. The van der Waals surface area contributed by atoms with E-state index in [1.165, 1.54) is 19.4 Å². The van der Waals surface area contributed by atoms with Gasteiger partial charge in [0.25, 0.3) is 0 Å². The molecule has 0 aromatic carbocycles. The molecule has 12 N–H and O–H groups in total. The molecular weight excluding hydrogens is 486 g/mol. The van der Waals surface area contributed by atoms with Gasteiger partial charge in [0, 0.05) is 24.9 Å². The Morgan fingerprint density at radius 3 is 2.22 bits per heavy atom. The summed E-state index contributed by atoms with van der Waals surface area (Å²) < 4.78 is 0. The van der Waals surface area contributed by atoms with Crippen molar-refractivity contribution in [2.45, 2.75) is 76.7 Å². The SMILES string of the molecule is CCC(C)C(N)C(=O)NC(Cc1cnc[nH]1)C(=O)NC(CCCN=C(N)N)C(=O)NC(C(=O)O)C(C)O. The summed E-state index contributed by atoms with van der Waals surface area (Å²) in [6.45, 7) is 5.06. The van der Waals surface area contributed by atoms with E-state index < -0.39 is 54.0 Å². The van der Waals surface area contributed by atoms with Crippen LogP contribution in [0.15, 0.2) is 17.5 Å². The number of aliphatic carboxylic acids is 1. The van der Waals surface area contributed by atoms with E-state index in [0.29, 0.717) is 12.1 Å². The first kappa shape index (κ1) is 31.3. The molecule has 1 aromatic rings. The van der Waals surface area contributed by atoms with Crippen LogP contribution in [0.1, 0.15) is 45.7 Å². The molecule has 0 fully saturated rings. The molecule has 6 unspecified atom stereocenters. The van der Waals surface area contributed by atoms with Crippen LogP contribution in [0.2, 0.25) is 0 Å². The predicted octanol–water partition coefficient (Wildman–Crippen LogP) is -2.70. The van der Waals surface area contributed by atoms with Crippen molar-refractivity contribution in [1.29, 1.82) is 0 Å². The van der Waals surface area contributed by atoms with Gasteiger partial charge in [-0.1, -0.05) is 20.3 Å². The highest BCUT2D eigenvalue weighted by molar-refractivity contribution is 5.94. The standard InChI is InChI=1S/C22H39N9O6/c1-4-11(2)16(23)20(35)30-15(8-13-9-26-10-28-13)19(34)29-14(6-5-7-27-22(24)25)18(33)31-17(12(3)32)21(36)37/h9-12,14-17,32H,4-8,23H2,1-3H3,(H,26,28)(H,29,34)(H,30,35)(H,31,33)(H,36,37)(H4,24,25,27). The number of amides is 3. The van der Waals surface area contributed by atoms with Gasteiger partial charge in [-0.2, -0.15) is 0 Å². The number of carboxylic acid groups (broad SMARTS) is 1. The largest absolute Gasteiger partial charge is 0.480 e. The highest BCUT2D eigenvalue weighted by atomic mass is 16.4. The summed E-state index contributed by atoms with van der Waals surface area (Å²) in [6.07, 6.45) is 2.49. The van der Waals surface area contributed by atoms with Crippen LogP contribution in [0, 0.1) is 5.92 Å². The molecule has 15 heteroatoms. The molecule has 1 aromatic heterocycles.